The van der Waals surface area contributed by atoms with Gasteiger partial charge in [-0.05, 0) is 40.3 Å². The number of hydrogen-bond donors (Lipinski definition) is 1. The van der Waals surface area contributed by atoms with E-state index in [0.29, 0.717) is 6.04 Å². The van der Waals surface area contributed by atoms with Gasteiger partial charge in [-0.15, -0.1) is 0 Å². The summed E-state index contributed by atoms with van der Waals surface area (Å²) in [5, 5.41) is 13.7. The number of aliphatic hydroxyl groups is 1. The highest BCUT2D eigenvalue weighted by molar-refractivity contribution is 4.99. The van der Waals surface area contributed by atoms with Crippen LogP contribution in [-0.4, -0.2) is 39.5 Å². The Morgan fingerprint density at radius 3 is 2.62 bits per heavy atom. The Bertz CT molecular complexity index is 307. The molecule has 92 valence electrons. The summed E-state index contributed by atoms with van der Waals surface area (Å²) in [6, 6.07) is 2.47. The molecule has 0 aliphatic heterocycles. The monoisotopic (exact) mass is 225 g/mol. The van der Waals surface area contributed by atoms with Crippen molar-refractivity contribution in [2.24, 2.45) is 0 Å². The molecule has 4 nitrogen and oxygen atoms in total. The second-order valence-corrected chi connectivity index (χ2v) is 4.76. The van der Waals surface area contributed by atoms with Gasteiger partial charge in [0.25, 0.3) is 0 Å². The van der Waals surface area contributed by atoms with E-state index in [0.717, 1.165) is 25.2 Å². The molecule has 1 aromatic heterocycles. The van der Waals surface area contributed by atoms with E-state index in [1.165, 1.54) is 0 Å². The molecule has 1 heterocycles. The molecule has 0 saturated carbocycles. The van der Waals surface area contributed by atoms with Gasteiger partial charge in [0, 0.05) is 25.3 Å². The Morgan fingerprint density at radius 1 is 1.44 bits per heavy atom. The van der Waals surface area contributed by atoms with Crippen LogP contribution in [0.4, 0.5) is 0 Å². The lowest BCUT2D eigenvalue weighted by molar-refractivity contribution is 0.162. The summed E-state index contributed by atoms with van der Waals surface area (Å²) in [7, 11) is 2.05. The molecule has 0 amide bonds. The van der Waals surface area contributed by atoms with Crippen LogP contribution in [0.15, 0.2) is 12.3 Å². The minimum Gasteiger partial charge on any atom is -0.393 e. The first-order valence-corrected chi connectivity index (χ1v) is 5.89. The van der Waals surface area contributed by atoms with Crippen LogP contribution in [-0.2, 0) is 6.54 Å². The summed E-state index contributed by atoms with van der Waals surface area (Å²) in [4.78, 5) is 2.18. The molecule has 0 fully saturated rings. The molecule has 0 bridgehead atoms. The lowest BCUT2D eigenvalue weighted by atomic mass is 10.2. The highest BCUT2D eigenvalue weighted by Crippen LogP contribution is 2.06. The Labute approximate surface area is 97.9 Å². The molecule has 1 atom stereocenters. The van der Waals surface area contributed by atoms with Crippen LogP contribution < -0.4 is 0 Å². The van der Waals surface area contributed by atoms with Gasteiger partial charge in [-0.2, -0.15) is 5.10 Å². The zero-order chi connectivity index (χ0) is 12.1. The van der Waals surface area contributed by atoms with Crippen molar-refractivity contribution in [2.75, 3.05) is 13.6 Å². The summed E-state index contributed by atoms with van der Waals surface area (Å²) < 4.78 is 1.97. The van der Waals surface area contributed by atoms with E-state index >= 15 is 0 Å². The van der Waals surface area contributed by atoms with Gasteiger partial charge in [-0.25, -0.2) is 0 Å². The highest BCUT2D eigenvalue weighted by Gasteiger charge is 2.06. The van der Waals surface area contributed by atoms with Crippen LogP contribution in [0.5, 0.6) is 0 Å². The smallest absolute Gasteiger partial charge is 0.0764 e. The Hall–Kier alpha value is -0.870. The van der Waals surface area contributed by atoms with Crippen molar-refractivity contribution in [2.45, 2.75) is 45.9 Å². The van der Waals surface area contributed by atoms with E-state index in [1.807, 2.05) is 17.8 Å². The lowest BCUT2D eigenvalue weighted by Gasteiger charge is -2.16. The minimum atomic E-state index is -0.226. The molecule has 1 aromatic rings. The van der Waals surface area contributed by atoms with Crippen molar-refractivity contribution >= 4 is 0 Å². The van der Waals surface area contributed by atoms with Gasteiger partial charge in [0.2, 0.25) is 0 Å². The summed E-state index contributed by atoms with van der Waals surface area (Å²) in [6.45, 7) is 7.79. The largest absolute Gasteiger partial charge is 0.393 e. The van der Waals surface area contributed by atoms with Crippen molar-refractivity contribution in [3.63, 3.8) is 0 Å². The van der Waals surface area contributed by atoms with Crippen molar-refractivity contribution < 1.29 is 5.11 Å². The SMILES string of the molecule is CC(O)CCN(C)Cc1ccn(C(C)C)n1. The lowest BCUT2D eigenvalue weighted by Crippen LogP contribution is -2.22. The van der Waals surface area contributed by atoms with E-state index in [9.17, 15) is 5.11 Å². The molecular weight excluding hydrogens is 202 g/mol. The van der Waals surface area contributed by atoms with Crippen molar-refractivity contribution in [3.8, 4) is 0 Å². The maximum atomic E-state index is 9.20. The third-order valence-corrected chi connectivity index (χ3v) is 2.55. The van der Waals surface area contributed by atoms with E-state index in [-0.39, 0.29) is 6.10 Å². The first-order chi connectivity index (χ1) is 7.49. The molecule has 0 aliphatic rings. The van der Waals surface area contributed by atoms with Crippen molar-refractivity contribution in [1.82, 2.24) is 14.7 Å². The van der Waals surface area contributed by atoms with Crippen LogP contribution in [0.2, 0.25) is 0 Å². The molecule has 1 unspecified atom stereocenters. The standard InChI is InChI=1S/C12H23N3O/c1-10(2)15-8-6-12(13-15)9-14(4)7-5-11(3)16/h6,8,10-11,16H,5,7,9H2,1-4H3. The molecule has 1 N–H and O–H groups in total. The van der Waals surface area contributed by atoms with E-state index in [1.54, 1.807) is 0 Å². The predicted molar refractivity (Wildman–Crippen MR) is 65.2 cm³/mol. The number of nitrogens with zero attached hydrogens (tertiary/aromatic N) is 3. The second kappa shape index (κ2) is 6.01. The minimum absolute atomic E-state index is 0.226. The third kappa shape index (κ3) is 4.33. The van der Waals surface area contributed by atoms with Crippen LogP contribution in [0.3, 0.4) is 0 Å². The summed E-state index contributed by atoms with van der Waals surface area (Å²) in [5.41, 5.74) is 1.08. The normalized spacial score (nSPS) is 13.7. The average molecular weight is 225 g/mol. The van der Waals surface area contributed by atoms with E-state index in [4.69, 9.17) is 0 Å². The molecule has 1 rings (SSSR count). The quantitative estimate of drug-likeness (QED) is 0.800. The van der Waals surface area contributed by atoms with Gasteiger partial charge < -0.3 is 10.0 Å². The van der Waals surface area contributed by atoms with Gasteiger partial charge in [-0.1, -0.05) is 0 Å². The first kappa shape index (κ1) is 13.2. The fraction of sp³-hybridized carbons (Fsp3) is 0.750. The zero-order valence-electron chi connectivity index (χ0n) is 10.7. The molecule has 0 aliphatic carbocycles. The van der Waals surface area contributed by atoms with Crippen molar-refractivity contribution in [1.29, 1.82) is 0 Å². The maximum Gasteiger partial charge on any atom is 0.0764 e. The number of aliphatic hydroxyl groups excluding tert-OH is 1. The van der Waals surface area contributed by atoms with E-state index in [2.05, 4.69) is 37.0 Å². The molecule has 0 saturated heterocycles. The molecule has 0 radical (unpaired) electrons. The third-order valence-electron chi connectivity index (χ3n) is 2.55. The fourth-order valence-electron chi connectivity index (χ4n) is 1.51. The number of aromatic nitrogens is 2. The second-order valence-electron chi connectivity index (χ2n) is 4.76. The first-order valence-electron chi connectivity index (χ1n) is 5.89. The number of hydrogen-bond acceptors (Lipinski definition) is 3. The van der Waals surface area contributed by atoms with Gasteiger partial charge in [0.15, 0.2) is 0 Å². The summed E-state index contributed by atoms with van der Waals surface area (Å²) in [5.74, 6) is 0. The summed E-state index contributed by atoms with van der Waals surface area (Å²) >= 11 is 0. The topological polar surface area (TPSA) is 41.3 Å². The zero-order valence-corrected chi connectivity index (χ0v) is 10.7. The van der Waals surface area contributed by atoms with Gasteiger partial charge >= 0.3 is 0 Å². The Morgan fingerprint density at radius 2 is 2.12 bits per heavy atom. The fourth-order valence-corrected chi connectivity index (χ4v) is 1.51. The highest BCUT2D eigenvalue weighted by atomic mass is 16.3. The van der Waals surface area contributed by atoms with Crippen LogP contribution in [0.25, 0.3) is 0 Å². The Kier molecular flexibility index (Phi) is 4.96. The number of rotatable bonds is 6. The van der Waals surface area contributed by atoms with Gasteiger partial charge in [0.05, 0.1) is 11.8 Å². The molecule has 16 heavy (non-hydrogen) atoms. The predicted octanol–water partition coefficient (Wildman–Crippen LogP) is 1.67. The molecule has 0 aromatic carbocycles. The van der Waals surface area contributed by atoms with E-state index < -0.39 is 0 Å². The van der Waals surface area contributed by atoms with Crippen molar-refractivity contribution in [3.05, 3.63) is 18.0 Å². The van der Waals surface area contributed by atoms with Crippen LogP contribution >= 0.6 is 0 Å². The molecule has 4 heteroatoms. The summed E-state index contributed by atoms with van der Waals surface area (Å²) in [6.07, 6.45) is 2.60. The average Bonchev–Trinajstić information content (AvgIpc) is 2.63. The molecular formula is C12H23N3O. The Balaban J connectivity index is 2.40. The van der Waals surface area contributed by atoms with Gasteiger partial charge in [0.1, 0.15) is 0 Å². The maximum absolute atomic E-state index is 9.20. The van der Waals surface area contributed by atoms with Crippen LogP contribution in [0, 0.1) is 0 Å². The van der Waals surface area contributed by atoms with Gasteiger partial charge in [-0.3, -0.25) is 4.68 Å². The van der Waals surface area contributed by atoms with Crippen LogP contribution in [0.1, 0.15) is 38.9 Å². The molecule has 0 spiro atoms.